The zero-order valence-corrected chi connectivity index (χ0v) is 14.2. The molecule has 0 aliphatic heterocycles. The maximum atomic E-state index is 5.49. The van der Waals surface area contributed by atoms with E-state index in [9.17, 15) is 0 Å². The van der Waals surface area contributed by atoms with Crippen LogP contribution in [0.2, 0.25) is 0 Å². The zero-order valence-electron chi connectivity index (χ0n) is 14.2. The van der Waals surface area contributed by atoms with Crippen LogP contribution in [0.25, 0.3) is 11.4 Å². The van der Waals surface area contributed by atoms with E-state index in [0.29, 0.717) is 11.7 Å². The molecule has 0 amide bonds. The smallest absolute Gasteiger partial charge is 0.249 e. The van der Waals surface area contributed by atoms with Gasteiger partial charge in [0.05, 0.1) is 0 Å². The van der Waals surface area contributed by atoms with E-state index < -0.39 is 0 Å². The van der Waals surface area contributed by atoms with Crippen molar-refractivity contribution in [1.82, 2.24) is 19.7 Å². The monoisotopic (exact) mass is 310 g/mol. The largest absolute Gasteiger partial charge is 0.337 e. The van der Waals surface area contributed by atoms with Crippen LogP contribution < -0.4 is 0 Å². The van der Waals surface area contributed by atoms with Gasteiger partial charge in [-0.05, 0) is 13.8 Å². The van der Waals surface area contributed by atoms with Crippen LogP contribution in [0, 0.1) is 6.92 Å². The Hall–Kier alpha value is -2.43. The van der Waals surface area contributed by atoms with Gasteiger partial charge < -0.3 is 9.09 Å². The number of imidazole rings is 1. The summed E-state index contributed by atoms with van der Waals surface area (Å²) in [5.74, 6) is 2.20. The fourth-order valence-corrected chi connectivity index (χ4v) is 2.55. The van der Waals surface area contributed by atoms with Crippen LogP contribution in [-0.2, 0) is 5.41 Å². The lowest BCUT2D eigenvalue weighted by Gasteiger charge is -2.22. The van der Waals surface area contributed by atoms with Crippen LogP contribution in [0.15, 0.2) is 41.2 Å². The molecule has 120 valence electrons. The first-order valence-corrected chi connectivity index (χ1v) is 7.80. The van der Waals surface area contributed by atoms with Crippen LogP contribution in [0.3, 0.4) is 0 Å². The molecular formula is C18H22N4O. The van der Waals surface area contributed by atoms with Gasteiger partial charge in [0.25, 0.3) is 0 Å². The number of hydrogen-bond donors (Lipinski definition) is 0. The second kappa shape index (κ2) is 5.65. The first-order valence-electron chi connectivity index (χ1n) is 7.80. The Kier molecular flexibility index (Phi) is 3.80. The molecule has 0 saturated carbocycles. The van der Waals surface area contributed by atoms with Crippen LogP contribution in [0.5, 0.6) is 0 Å². The lowest BCUT2D eigenvalue weighted by Crippen LogP contribution is -2.21. The van der Waals surface area contributed by atoms with Gasteiger partial charge in [0, 0.05) is 23.4 Å². The van der Waals surface area contributed by atoms with Crippen molar-refractivity contribution < 1.29 is 4.52 Å². The predicted octanol–water partition coefficient (Wildman–Crippen LogP) is 4.15. The van der Waals surface area contributed by atoms with E-state index in [-0.39, 0.29) is 11.5 Å². The minimum atomic E-state index is -0.0570. The van der Waals surface area contributed by atoms with Crippen molar-refractivity contribution in [2.45, 2.75) is 46.1 Å². The lowest BCUT2D eigenvalue weighted by atomic mass is 9.95. The molecule has 2 aromatic heterocycles. The summed E-state index contributed by atoms with van der Waals surface area (Å²) in [5.41, 5.74) is 2.12. The van der Waals surface area contributed by atoms with E-state index in [0.717, 1.165) is 11.4 Å². The van der Waals surface area contributed by atoms with Crippen LogP contribution in [0.1, 0.15) is 51.0 Å². The molecule has 0 spiro atoms. The van der Waals surface area contributed by atoms with Crippen molar-refractivity contribution in [3.8, 4) is 11.4 Å². The molecule has 0 radical (unpaired) electrons. The van der Waals surface area contributed by atoms with E-state index in [1.54, 1.807) is 0 Å². The Morgan fingerprint density at radius 3 is 2.48 bits per heavy atom. The number of hydrogen-bond acceptors (Lipinski definition) is 4. The SMILES string of the molecule is Cc1ccc(-c2noc(C(C)n3ccnc3C(C)(C)C)n2)cc1. The average molecular weight is 310 g/mol. The fourth-order valence-electron chi connectivity index (χ4n) is 2.55. The molecule has 3 aromatic rings. The third kappa shape index (κ3) is 3.04. The molecule has 0 bridgehead atoms. The maximum Gasteiger partial charge on any atom is 0.249 e. The van der Waals surface area contributed by atoms with Gasteiger partial charge >= 0.3 is 0 Å². The Morgan fingerprint density at radius 1 is 1.13 bits per heavy atom. The second-order valence-corrected chi connectivity index (χ2v) is 6.91. The Morgan fingerprint density at radius 2 is 1.83 bits per heavy atom. The topological polar surface area (TPSA) is 56.7 Å². The summed E-state index contributed by atoms with van der Waals surface area (Å²) >= 11 is 0. The number of nitrogens with zero attached hydrogens (tertiary/aromatic N) is 4. The van der Waals surface area contributed by atoms with Crippen molar-refractivity contribution in [3.05, 3.63) is 53.9 Å². The normalized spacial score (nSPS) is 13.3. The van der Waals surface area contributed by atoms with Crippen molar-refractivity contribution in [1.29, 1.82) is 0 Å². The quantitative estimate of drug-likeness (QED) is 0.729. The van der Waals surface area contributed by atoms with E-state index in [4.69, 9.17) is 4.52 Å². The van der Waals surface area contributed by atoms with Crippen LogP contribution in [0.4, 0.5) is 0 Å². The van der Waals surface area contributed by atoms with Crippen molar-refractivity contribution >= 4 is 0 Å². The van der Waals surface area contributed by atoms with E-state index in [1.165, 1.54) is 5.56 Å². The highest BCUT2D eigenvalue weighted by Crippen LogP contribution is 2.27. The summed E-state index contributed by atoms with van der Waals surface area (Å²) in [6.45, 7) is 10.5. The summed E-state index contributed by atoms with van der Waals surface area (Å²) < 4.78 is 7.58. The molecule has 23 heavy (non-hydrogen) atoms. The molecule has 5 nitrogen and oxygen atoms in total. The number of aromatic nitrogens is 4. The van der Waals surface area contributed by atoms with Gasteiger partial charge in [-0.15, -0.1) is 0 Å². The van der Waals surface area contributed by atoms with Gasteiger partial charge in [-0.3, -0.25) is 0 Å². The maximum absolute atomic E-state index is 5.49. The Bertz CT molecular complexity index is 793. The first kappa shape index (κ1) is 15.5. The molecule has 1 aromatic carbocycles. The number of rotatable bonds is 3. The van der Waals surface area contributed by atoms with Crippen molar-refractivity contribution in [2.75, 3.05) is 0 Å². The molecule has 0 aliphatic carbocycles. The third-order valence-corrected chi connectivity index (χ3v) is 3.87. The molecule has 0 fully saturated rings. The molecule has 2 heterocycles. The molecule has 3 rings (SSSR count). The zero-order chi connectivity index (χ0) is 16.6. The van der Waals surface area contributed by atoms with Crippen molar-refractivity contribution in [3.63, 3.8) is 0 Å². The number of aryl methyl sites for hydroxylation is 1. The molecule has 1 atom stereocenters. The van der Waals surface area contributed by atoms with Gasteiger partial charge in [-0.2, -0.15) is 4.98 Å². The van der Waals surface area contributed by atoms with Gasteiger partial charge in [-0.1, -0.05) is 55.8 Å². The molecule has 0 aliphatic rings. The van der Waals surface area contributed by atoms with Crippen LogP contribution >= 0.6 is 0 Å². The summed E-state index contributed by atoms with van der Waals surface area (Å²) in [7, 11) is 0. The molecule has 0 saturated heterocycles. The third-order valence-electron chi connectivity index (χ3n) is 3.87. The molecule has 1 unspecified atom stereocenters. The minimum Gasteiger partial charge on any atom is -0.337 e. The lowest BCUT2D eigenvalue weighted by molar-refractivity contribution is 0.337. The Labute approximate surface area is 136 Å². The average Bonchev–Trinajstić information content (AvgIpc) is 3.16. The van der Waals surface area contributed by atoms with E-state index in [1.807, 2.05) is 43.6 Å². The van der Waals surface area contributed by atoms with Gasteiger partial charge in [0.15, 0.2) is 0 Å². The summed E-state index contributed by atoms with van der Waals surface area (Å²) in [4.78, 5) is 9.04. The molecule has 5 heteroatoms. The predicted molar refractivity (Wildman–Crippen MR) is 89.2 cm³/mol. The van der Waals surface area contributed by atoms with Gasteiger partial charge in [0.1, 0.15) is 11.9 Å². The standard InChI is InChI=1S/C18H22N4O/c1-12-6-8-14(9-7-12)15-20-16(23-21-15)13(2)22-11-10-19-17(22)18(3,4)5/h6-11,13H,1-5H3. The van der Waals surface area contributed by atoms with Gasteiger partial charge in [-0.25, -0.2) is 4.98 Å². The first-order chi connectivity index (χ1) is 10.9. The highest BCUT2D eigenvalue weighted by Gasteiger charge is 2.25. The minimum absolute atomic E-state index is 0.0441. The van der Waals surface area contributed by atoms with Gasteiger partial charge in [0.2, 0.25) is 11.7 Å². The number of benzene rings is 1. The summed E-state index contributed by atoms with van der Waals surface area (Å²) in [6.07, 6.45) is 3.77. The van der Waals surface area contributed by atoms with E-state index >= 15 is 0 Å². The summed E-state index contributed by atoms with van der Waals surface area (Å²) in [5, 5.41) is 4.12. The molecule has 0 N–H and O–H groups in total. The fraction of sp³-hybridized carbons (Fsp3) is 0.389. The molecular weight excluding hydrogens is 288 g/mol. The highest BCUT2D eigenvalue weighted by molar-refractivity contribution is 5.54. The highest BCUT2D eigenvalue weighted by atomic mass is 16.5. The van der Waals surface area contributed by atoms with Crippen LogP contribution in [-0.4, -0.2) is 19.7 Å². The second-order valence-electron chi connectivity index (χ2n) is 6.91. The Balaban J connectivity index is 1.91. The van der Waals surface area contributed by atoms with E-state index in [2.05, 4.69) is 47.4 Å². The van der Waals surface area contributed by atoms with Crippen molar-refractivity contribution in [2.24, 2.45) is 0 Å². The summed E-state index contributed by atoms with van der Waals surface area (Å²) in [6, 6.07) is 8.04.